The van der Waals surface area contributed by atoms with E-state index in [9.17, 15) is 10.1 Å². The van der Waals surface area contributed by atoms with Gasteiger partial charge in [0.25, 0.3) is 0 Å². The Balaban J connectivity index is 2.49. The molecular formula is C14H21ClN4O2. The van der Waals surface area contributed by atoms with Crippen LogP contribution in [0.5, 0.6) is 0 Å². The first-order chi connectivity index (χ1) is 9.90. The Hall–Kier alpha value is -1.43. The molecule has 21 heavy (non-hydrogen) atoms. The van der Waals surface area contributed by atoms with Gasteiger partial charge in [0.1, 0.15) is 5.69 Å². The van der Waals surface area contributed by atoms with Gasteiger partial charge in [-0.1, -0.05) is 26.7 Å². The van der Waals surface area contributed by atoms with Gasteiger partial charge in [-0.2, -0.15) is 4.98 Å². The highest BCUT2D eigenvalue weighted by molar-refractivity contribution is 6.28. The summed E-state index contributed by atoms with van der Waals surface area (Å²) in [5.41, 5.74) is 0.300. The third-order valence-electron chi connectivity index (χ3n) is 3.79. The molecule has 1 aliphatic carbocycles. The van der Waals surface area contributed by atoms with Crippen molar-refractivity contribution in [2.45, 2.75) is 52.5 Å². The number of nitro groups is 1. The molecule has 7 heteroatoms. The van der Waals surface area contributed by atoms with Crippen LogP contribution in [0.15, 0.2) is 0 Å². The molecule has 0 aromatic carbocycles. The molecule has 1 saturated carbocycles. The summed E-state index contributed by atoms with van der Waals surface area (Å²) in [5, 5.41) is 11.5. The monoisotopic (exact) mass is 312 g/mol. The maximum Gasteiger partial charge on any atom is 0.332 e. The van der Waals surface area contributed by atoms with Crippen molar-refractivity contribution in [3.8, 4) is 0 Å². The second kappa shape index (κ2) is 6.56. The maximum absolute atomic E-state index is 11.4. The highest BCUT2D eigenvalue weighted by Gasteiger charge is 2.32. The van der Waals surface area contributed by atoms with Crippen molar-refractivity contribution in [2.24, 2.45) is 5.92 Å². The molecule has 1 aromatic heterocycles. The molecule has 1 aliphatic rings. The largest absolute Gasteiger partial charge is 0.348 e. The van der Waals surface area contributed by atoms with E-state index in [1.807, 2.05) is 0 Å². The molecule has 0 aliphatic heterocycles. The first-order valence-corrected chi connectivity index (χ1v) is 7.73. The topological polar surface area (TPSA) is 72.2 Å². The lowest BCUT2D eigenvalue weighted by molar-refractivity contribution is -0.385. The first-order valence-electron chi connectivity index (χ1n) is 7.35. The molecule has 0 bridgehead atoms. The Labute approximate surface area is 129 Å². The molecule has 0 unspecified atom stereocenters. The standard InChI is InChI=1S/C14H21ClN4O2/c1-9(2)8-18(11-6-4-5-7-11)13-12(19(20)21)10(3)16-14(15)17-13/h9,11H,4-8H2,1-3H3. The molecule has 1 fully saturated rings. The van der Waals surface area contributed by atoms with Gasteiger partial charge in [-0.3, -0.25) is 10.1 Å². The van der Waals surface area contributed by atoms with Gasteiger partial charge in [0.2, 0.25) is 11.1 Å². The molecule has 0 saturated heterocycles. The number of aromatic nitrogens is 2. The van der Waals surface area contributed by atoms with E-state index in [-0.39, 0.29) is 11.0 Å². The van der Waals surface area contributed by atoms with E-state index in [1.54, 1.807) is 6.92 Å². The predicted molar refractivity (Wildman–Crippen MR) is 82.9 cm³/mol. The normalized spacial score (nSPS) is 15.7. The molecule has 116 valence electrons. The zero-order valence-corrected chi connectivity index (χ0v) is 13.4. The van der Waals surface area contributed by atoms with Gasteiger partial charge >= 0.3 is 5.69 Å². The predicted octanol–water partition coefficient (Wildman–Crippen LogP) is 3.75. The lowest BCUT2D eigenvalue weighted by Crippen LogP contribution is -2.37. The third kappa shape index (κ3) is 3.61. The fourth-order valence-corrected chi connectivity index (χ4v) is 3.16. The van der Waals surface area contributed by atoms with E-state index < -0.39 is 4.92 Å². The Morgan fingerprint density at radius 3 is 2.52 bits per heavy atom. The van der Waals surface area contributed by atoms with Crippen LogP contribution in [-0.4, -0.2) is 27.5 Å². The lowest BCUT2D eigenvalue weighted by Gasteiger charge is -2.31. The van der Waals surface area contributed by atoms with Crippen LogP contribution in [0, 0.1) is 23.0 Å². The minimum atomic E-state index is -0.400. The summed E-state index contributed by atoms with van der Waals surface area (Å²) in [4.78, 5) is 21.2. The zero-order chi connectivity index (χ0) is 15.6. The van der Waals surface area contributed by atoms with Gasteiger partial charge in [-0.15, -0.1) is 0 Å². The van der Waals surface area contributed by atoms with Crippen LogP contribution in [-0.2, 0) is 0 Å². The highest BCUT2D eigenvalue weighted by atomic mass is 35.5. The van der Waals surface area contributed by atoms with Crippen molar-refractivity contribution < 1.29 is 4.92 Å². The average Bonchev–Trinajstić information content (AvgIpc) is 2.87. The molecule has 2 rings (SSSR count). The minimum Gasteiger partial charge on any atom is -0.348 e. The summed E-state index contributed by atoms with van der Waals surface area (Å²) in [5.74, 6) is 0.761. The fraction of sp³-hybridized carbons (Fsp3) is 0.714. The summed E-state index contributed by atoms with van der Waals surface area (Å²) in [6.45, 7) is 6.54. The molecule has 1 aromatic rings. The van der Waals surface area contributed by atoms with Crippen molar-refractivity contribution in [1.29, 1.82) is 0 Å². The van der Waals surface area contributed by atoms with Crippen molar-refractivity contribution in [1.82, 2.24) is 9.97 Å². The Morgan fingerprint density at radius 1 is 1.38 bits per heavy atom. The van der Waals surface area contributed by atoms with Gasteiger partial charge < -0.3 is 4.90 Å². The Kier molecular flexibility index (Phi) is 4.98. The van der Waals surface area contributed by atoms with Gasteiger partial charge in [-0.05, 0) is 37.3 Å². The van der Waals surface area contributed by atoms with Crippen molar-refractivity contribution in [3.05, 3.63) is 21.1 Å². The summed E-state index contributed by atoms with van der Waals surface area (Å²) < 4.78 is 0. The molecule has 6 nitrogen and oxygen atoms in total. The number of rotatable bonds is 5. The van der Waals surface area contributed by atoms with Crippen molar-refractivity contribution >= 4 is 23.1 Å². The van der Waals surface area contributed by atoms with Crippen LogP contribution in [0.3, 0.4) is 0 Å². The second-order valence-corrected chi connectivity index (χ2v) is 6.33. The van der Waals surface area contributed by atoms with Crippen molar-refractivity contribution in [3.63, 3.8) is 0 Å². The molecule has 0 N–H and O–H groups in total. The Bertz CT molecular complexity index is 530. The maximum atomic E-state index is 11.4. The van der Waals surface area contributed by atoms with Crippen LogP contribution in [0.2, 0.25) is 5.28 Å². The summed E-state index contributed by atoms with van der Waals surface area (Å²) in [6, 6.07) is 0.302. The van der Waals surface area contributed by atoms with Gasteiger partial charge in [0, 0.05) is 12.6 Å². The Morgan fingerprint density at radius 2 is 2.00 bits per heavy atom. The van der Waals surface area contributed by atoms with Crippen LogP contribution < -0.4 is 4.90 Å². The van der Waals surface area contributed by atoms with Crippen LogP contribution in [0.25, 0.3) is 0 Å². The van der Waals surface area contributed by atoms with Gasteiger partial charge in [0.05, 0.1) is 4.92 Å². The van der Waals surface area contributed by atoms with Crippen LogP contribution in [0.1, 0.15) is 45.2 Å². The quantitative estimate of drug-likeness (QED) is 0.470. The number of hydrogen-bond acceptors (Lipinski definition) is 5. The summed E-state index contributed by atoms with van der Waals surface area (Å²) in [7, 11) is 0. The SMILES string of the molecule is Cc1nc(Cl)nc(N(CC(C)C)C2CCCC2)c1[N+](=O)[O-]. The molecule has 0 atom stereocenters. The van der Waals surface area contributed by atoms with E-state index in [0.29, 0.717) is 23.5 Å². The highest BCUT2D eigenvalue weighted by Crippen LogP contribution is 2.35. The number of hydrogen-bond donors (Lipinski definition) is 0. The summed E-state index contributed by atoms with van der Waals surface area (Å²) in [6.07, 6.45) is 4.41. The molecular weight excluding hydrogens is 292 g/mol. The van der Waals surface area contributed by atoms with Gasteiger partial charge in [0.15, 0.2) is 0 Å². The van der Waals surface area contributed by atoms with Crippen molar-refractivity contribution in [2.75, 3.05) is 11.4 Å². The van der Waals surface area contributed by atoms with Crippen LogP contribution >= 0.6 is 11.6 Å². The van der Waals surface area contributed by atoms with E-state index in [0.717, 1.165) is 32.2 Å². The zero-order valence-electron chi connectivity index (χ0n) is 12.7. The number of anilines is 1. The molecule has 1 heterocycles. The fourth-order valence-electron chi connectivity index (χ4n) is 2.95. The third-order valence-corrected chi connectivity index (χ3v) is 3.96. The lowest BCUT2D eigenvalue weighted by atomic mass is 10.1. The summed E-state index contributed by atoms with van der Waals surface area (Å²) >= 11 is 5.94. The number of aryl methyl sites for hydroxylation is 1. The molecule has 0 spiro atoms. The van der Waals surface area contributed by atoms with Gasteiger partial charge in [-0.25, -0.2) is 4.98 Å². The molecule has 0 amide bonds. The smallest absolute Gasteiger partial charge is 0.332 e. The van der Waals surface area contributed by atoms with E-state index >= 15 is 0 Å². The first kappa shape index (κ1) is 15.9. The number of nitrogens with zero attached hydrogens (tertiary/aromatic N) is 4. The van der Waals surface area contributed by atoms with E-state index in [2.05, 4.69) is 28.7 Å². The van der Waals surface area contributed by atoms with E-state index in [4.69, 9.17) is 11.6 Å². The number of halogens is 1. The minimum absolute atomic E-state index is 0.0213. The van der Waals surface area contributed by atoms with E-state index in [1.165, 1.54) is 0 Å². The van der Waals surface area contributed by atoms with Crippen LogP contribution in [0.4, 0.5) is 11.5 Å². The average molecular weight is 313 g/mol. The second-order valence-electron chi connectivity index (χ2n) is 5.99. The molecule has 0 radical (unpaired) electrons.